The van der Waals surface area contributed by atoms with Crippen LogP contribution in [0.1, 0.15) is 41.7 Å². The molecule has 110 valence electrons. The number of carboxylic acids is 1. The third kappa shape index (κ3) is 3.10. The van der Waals surface area contributed by atoms with Crippen LogP contribution in [-0.4, -0.2) is 40.2 Å². The van der Waals surface area contributed by atoms with Crippen LogP contribution in [0.3, 0.4) is 0 Å². The first-order valence-electron chi connectivity index (χ1n) is 7.14. The number of nitrogens with zero attached hydrogens (tertiary/aromatic N) is 2. The molecule has 1 aliphatic heterocycles. The van der Waals surface area contributed by atoms with Crippen molar-refractivity contribution in [1.29, 1.82) is 0 Å². The van der Waals surface area contributed by atoms with Gasteiger partial charge in [0.25, 0.3) is 5.56 Å². The van der Waals surface area contributed by atoms with E-state index >= 15 is 0 Å². The van der Waals surface area contributed by atoms with E-state index in [9.17, 15) is 9.59 Å². The first-order valence-corrected chi connectivity index (χ1v) is 7.14. The maximum atomic E-state index is 12.2. The number of carbonyl (C=O) groups is 1. The molecule has 0 aromatic carbocycles. The maximum Gasteiger partial charge on any atom is 0.341 e. The summed E-state index contributed by atoms with van der Waals surface area (Å²) in [6.07, 6.45) is 4.52. The van der Waals surface area contributed by atoms with Gasteiger partial charge >= 0.3 is 5.97 Å². The molecule has 1 unspecified atom stereocenters. The predicted molar refractivity (Wildman–Crippen MR) is 77.3 cm³/mol. The fourth-order valence-electron chi connectivity index (χ4n) is 2.90. The lowest BCUT2D eigenvalue weighted by Gasteiger charge is -2.32. The number of aromatic nitrogens is 1. The van der Waals surface area contributed by atoms with E-state index in [4.69, 9.17) is 5.11 Å². The molecule has 1 aromatic rings. The number of hydrogen-bond donors (Lipinski definition) is 1. The summed E-state index contributed by atoms with van der Waals surface area (Å²) in [5, 5.41) is 9.02. The Morgan fingerprint density at radius 3 is 2.80 bits per heavy atom. The van der Waals surface area contributed by atoms with Crippen LogP contribution in [0.15, 0.2) is 16.9 Å². The highest BCUT2D eigenvalue weighted by Crippen LogP contribution is 2.18. The molecule has 1 N–H and O–H groups in total. The van der Waals surface area contributed by atoms with Crippen molar-refractivity contribution in [3.05, 3.63) is 33.7 Å². The smallest absolute Gasteiger partial charge is 0.341 e. The van der Waals surface area contributed by atoms with Gasteiger partial charge in [-0.2, -0.15) is 0 Å². The summed E-state index contributed by atoms with van der Waals surface area (Å²) in [7, 11) is 2.12. The minimum atomic E-state index is -1.15. The lowest BCUT2D eigenvalue weighted by molar-refractivity contribution is 0.0694. The summed E-state index contributed by atoms with van der Waals surface area (Å²) in [5.41, 5.74) is 0.280. The second-order valence-corrected chi connectivity index (χ2v) is 5.57. The molecule has 1 aliphatic rings. The van der Waals surface area contributed by atoms with Gasteiger partial charge in [-0.25, -0.2) is 4.79 Å². The highest BCUT2D eigenvalue weighted by molar-refractivity contribution is 5.87. The number of piperidine rings is 1. The topological polar surface area (TPSA) is 62.5 Å². The molecule has 1 saturated heterocycles. The first-order chi connectivity index (χ1) is 9.50. The number of aromatic carboxylic acids is 1. The van der Waals surface area contributed by atoms with Crippen molar-refractivity contribution in [2.24, 2.45) is 0 Å². The molecule has 20 heavy (non-hydrogen) atoms. The van der Waals surface area contributed by atoms with Crippen molar-refractivity contribution >= 4 is 5.97 Å². The van der Waals surface area contributed by atoms with Gasteiger partial charge in [0.2, 0.25) is 0 Å². The zero-order valence-corrected chi connectivity index (χ0v) is 12.1. The van der Waals surface area contributed by atoms with Gasteiger partial charge in [-0.05, 0) is 51.9 Å². The standard InChI is InChI=1S/C15H22N2O3/c1-11-6-7-13(15(19)20)14(18)17(11)10-8-12-5-3-4-9-16(12)2/h6-7,12H,3-5,8-10H2,1-2H3,(H,19,20). The summed E-state index contributed by atoms with van der Waals surface area (Å²) in [4.78, 5) is 25.5. The van der Waals surface area contributed by atoms with Crippen molar-refractivity contribution in [1.82, 2.24) is 9.47 Å². The molecule has 1 aromatic heterocycles. The second kappa shape index (κ2) is 6.22. The van der Waals surface area contributed by atoms with Crippen molar-refractivity contribution in [2.75, 3.05) is 13.6 Å². The number of pyridine rings is 1. The Balaban J connectivity index is 2.14. The number of carboxylic acid groups (broad SMARTS) is 1. The highest BCUT2D eigenvalue weighted by atomic mass is 16.4. The number of likely N-dealkylation sites (tertiary alicyclic amines) is 1. The first kappa shape index (κ1) is 14.8. The van der Waals surface area contributed by atoms with E-state index in [0.717, 1.165) is 25.1 Å². The monoisotopic (exact) mass is 278 g/mol. The lowest BCUT2D eigenvalue weighted by atomic mass is 10.00. The molecule has 1 atom stereocenters. The second-order valence-electron chi connectivity index (χ2n) is 5.57. The average Bonchev–Trinajstić information content (AvgIpc) is 2.40. The van der Waals surface area contributed by atoms with Crippen LogP contribution in [-0.2, 0) is 6.54 Å². The average molecular weight is 278 g/mol. The lowest BCUT2D eigenvalue weighted by Crippen LogP contribution is -2.38. The summed E-state index contributed by atoms with van der Waals surface area (Å²) < 4.78 is 1.59. The third-order valence-electron chi connectivity index (χ3n) is 4.23. The summed E-state index contributed by atoms with van der Waals surface area (Å²) in [6, 6.07) is 3.59. The Kier molecular flexibility index (Phi) is 4.60. The highest BCUT2D eigenvalue weighted by Gasteiger charge is 2.19. The fraction of sp³-hybridized carbons (Fsp3) is 0.600. The van der Waals surface area contributed by atoms with Crippen LogP contribution in [0.5, 0.6) is 0 Å². The van der Waals surface area contributed by atoms with Gasteiger partial charge in [0.15, 0.2) is 0 Å². The van der Waals surface area contributed by atoms with Crippen LogP contribution >= 0.6 is 0 Å². The van der Waals surface area contributed by atoms with E-state index < -0.39 is 11.5 Å². The molecular formula is C15H22N2O3. The molecule has 0 spiro atoms. The molecular weight excluding hydrogens is 256 g/mol. The SMILES string of the molecule is Cc1ccc(C(=O)O)c(=O)n1CCC1CCCCN1C. The third-order valence-corrected chi connectivity index (χ3v) is 4.23. The molecule has 0 bridgehead atoms. The van der Waals surface area contributed by atoms with Crippen molar-refractivity contribution in [3.8, 4) is 0 Å². The van der Waals surface area contributed by atoms with Gasteiger partial charge < -0.3 is 14.6 Å². The summed E-state index contributed by atoms with van der Waals surface area (Å²) in [5.74, 6) is -1.15. The minimum absolute atomic E-state index is 0.146. The van der Waals surface area contributed by atoms with E-state index in [1.807, 2.05) is 6.92 Å². The molecule has 2 heterocycles. The van der Waals surface area contributed by atoms with Crippen molar-refractivity contribution < 1.29 is 9.90 Å². The van der Waals surface area contributed by atoms with Crippen LogP contribution in [0.25, 0.3) is 0 Å². The Morgan fingerprint density at radius 2 is 2.15 bits per heavy atom. The number of aryl methyl sites for hydroxylation is 1. The molecule has 5 nitrogen and oxygen atoms in total. The Morgan fingerprint density at radius 1 is 1.40 bits per heavy atom. The van der Waals surface area contributed by atoms with Gasteiger partial charge in [0.1, 0.15) is 5.56 Å². The zero-order valence-electron chi connectivity index (χ0n) is 12.1. The van der Waals surface area contributed by atoms with Gasteiger partial charge in [-0.1, -0.05) is 6.42 Å². The normalized spacial score (nSPS) is 20.0. The summed E-state index contributed by atoms with van der Waals surface area (Å²) in [6.45, 7) is 3.53. The molecule has 0 aliphatic carbocycles. The Labute approximate surface area is 118 Å². The maximum absolute atomic E-state index is 12.2. The Hall–Kier alpha value is -1.62. The Bertz CT molecular complexity index is 551. The zero-order chi connectivity index (χ0) is 14.7. The minimum Gasteiger partial charge on any atom is -0.477 e. The van der Waals surface area contributed by atoms with E-state index in [1.165, 1.54) is 18.9 Å². The van der Waals surface area contributed by atoms with Crippen molar-refractivity contribution in [3.63, 3.8) is 0 Å². The van der Waals surface area contributed by atoms with E-state index in [1.54, 1.807) is 10.6 Å². The van der Waals surface area contributed by atoms with E-state index in [0.29, 0.717) is 12.6 Å². The van der Waals surface area contributed by atoms with Crippen LogP contribution in [0, 0.1) is 6.92 Å². The molecule has 2 rings (SSSR count). The largest absolute Gasteiger partial charge is 0.477 e. The number of rotatable bonds is 4. The van der Waals surface area contributed by atoms with Crippen molar-refractivity contribution in [2.45, 2.75) is 45.2 Å². The van der Waals surface area contributed by atoms with E-state index in [-0.39, 0.29) is 5.56 Å². The van der Waals surface area contributed by atoms with E-state index in [2.05, 4.69) is 11.9 Å². The predicted octanol–water partition coefficient (Wildman–Crippen LogP) is 1.73. The number of hydrogen-bond acceptors (Lipinski definition) is 3. The van der Waals surface area contributed by atoms with Crippen LogP contribution < -0.4 is 5.56 Å². The van der Waals surface area contributed by atoms with Gasteiger partial charge in [0.05, 0.1) is 0 Å². The van der Waals surface area contributed by atoms with Gasteiger partial charge in [0, 0.05) is 18.3 Å². The van der Waals surface area contributed by atoms with Gasteiger partial charge in [-0.15, -0.1) is 0 Å². The molecule has 0 amide bonds. The molecule has 0 saturated carbocycles. The fourth-order valence-corrected chi connectivity index (χ4v) is 2.90. The van der Waals surface area contributed by atoms with Crippen LogP contribution in [0.4, 0.5) is 0 Å². The molecule has 1 fully saturated rings. The molecule has 5 heteroatoms. The molecule has 0 radical (unpaired) electrons. The summed E-state index contributed by atoms with van der Waals surface area (Å²) >= 11 is 0. The van der Waals surface area contributed by atoms with Crippen LogP contribution in [0.2, 0.25) is 0 Å². The van der Waals surface area contributed by atoms with Gasteiger partial charge in [-0.3, -0.25) is 4.79 Å². The quantitative estimate of drug-likeness (QED) is 0.911.